The molecule has 0 aromatic rings. The van der Waals surface area contributed by atoms with Gasteiger partial charge in [0.05, 0.1) is 0 Å². The third-order valence-corrected chi connectivity index (χ3v) is 0. The van der Waals surface area contributed by atoms with Crippen LogP contribution >= 0.6 is 0 Å². The molecule has 0 aliphatic rings. The van der Waals surface area contributed by atoms with Crippen LogP contribution in [0.25, 0.3) is 0 Å². The molecule has 0 saturated heterocycles. The Bertz CT molecular complexity index is 76.3. The third-order valence-electron chi connectivity index (χ3n) is 0. The Hall–Kier alpha value is 0.0883. The summed E-state index contributed by atoms with van der Waals surface area (Å²) in [6.45, 7) is 0. The van der Waals surface area contributed by atoms with E-state index in [1.165, 1.54) is 0 Å². The van der Waals surface area contributed by atoms with Crippen molar-refractivity contribution in [3.8, 4) is 0 Å². The van der Waals surface area contributed by atoms with Crippen molar-refractivity contribution in [3.63, 3.8) is 0 Å². The van der Waals surface area contributed by atoms with Crippen LogP contribution in [0.1, 0.15) is 7.43 Å². The summed E-state index contributed by atoms with van der Waals surface area (Å²) in [5, 5.41) is 0. The zero-order valence-electron chi connectivity index (χ0n) is 1.63. The quantitative estimate of drug-likeness (QED) is 0.478. The first-order valence-electron chi connectivity index (χ1n) is 0.500. The van der Waals surface area contributed by atoms with Crippen LogP contribution in [0.2, 0.25) is 0 Å². The van der Waals surface area contributed by atoms with E-state index in [0.29, 0.717) is 0 Å². The standard InChI is InChI=1S/CH4.Mo.3O/h1H4;;;;. The maximum absolute atomic E-state index is 8.59. The average Bonchev–Trinajstić information content (AvgIpc) is 0.811. The summed E-state index contributed by atoms with van der Waals surface area (Å²) in [6.07, 6.45) is 0. The Balaban J connectivity index is 0. The molecule has 0 rings (SSSR count). The second kappa shape index (κ2) is 4.09. The van der Waals surface area contributed by atoms with Crippen molar-refractivity contribution < 1.29 is 27.4 Å². The topological polar surface area (TPSA) is 51.2 Å². The molecular formula is CH4MoO3. The summed E-state index contributed by atoms with van der Waals surface area (Å²) >= 11 is -4.11. The average molecular weight is 160 g/mol. The Morgan fingerprint density at radius 1 is 1.00 bits per heavy atom. The molecule has 5 heavy (non-hydrogen) atoms. The van der Waals surface area contributed by atoms with E-state index in [1.54, 1.807) is 0 Å². The van der Waals surface area contributed by atoms with Gasteiger partial charge in [0.25, 0.3) is 0 Å². The maximum atomic E-state index is 8.59. The third kappa shape index (κ3) is 2290. The molecule has 0 aromatic heterocycles. The summed E-state index contributed by atoms with van der Waals surface area (Å²) < 4.78 is 25.8. The van der Waals surface area contributed by atoms with Crippen molar-refractivity contribution in [1.29, 1.82) is 0 Å². The molecule has 0 unspecified atom stereocenters. The van der Waals surface area contributed by atoms with E-state index in [9.17, 15) is 0 Å². The number of rotatable bonds is 0. The van der Waals surface area contributed by atoms with Crippen molar-refractivity contribution >= 4 is 0 Å². The molecule has 0 aromatic carbocycles. The molecule has 32 valence electrons. The molecule has 0 fully saturated rings. The Morgan fingerprint density at radius 2 is 1.00 bits per heavy atom. The fourth-order valence-corrected chi connectivity index (χ4v) is 0. The normalized spacial score (nSPS) is 4.80. The molecule has 0 aliphatic heterocycles. The number of hydrogen-bond acceptors (Lipinski definition) is 3. The van der Waals surface area contributed by atoms with Gasteiger partial charge in [-0.05, 0) is 0 Å². The molecule has 0 atom stereocenters. The van der Waals surface area contributed by atoms with E-state index in [4.69, 9.17) is 10.2 Å². The first-order valence-corrected chi connectivity index (χ1v) is 2.96. The van der Waals surface area contributed by atoms with Gasteiger partial charge in [0.2, 0.25) is 0 Å². The summed E-state index contributed by atoms with van der Waals surface area (Å²) in [7, 11) is 0. The Morgan fingerprint density at radius 3 is 1.00 bits per heavy atom. The van der Waals surface area contributed by atoms with Gasteiger partial charge in [-0.1, -0.05) is 7.43 Å². The van der Waals surface area contributed by atoms with Crippen LogP contribution < -0.4 is 0 Å². The molecule has 0 aliphatic carbocycles. The van der Waals surface area contributed by atoms with Crippen LogP contribution in [-0.2, 0) is 27.4 Å². The second-order valence-electron chi connectivity index (χ2n) is 0.204. The minimum absolute atomic E-state index is 0. The van der Waals surface area contributed by atoms with Crippen molar-refractivity contribution in [3.05, 3.63) is 0 Å². The molecule has 0 amide bonds. The summed E-state index contributed by atoms with van der Waals surface area (Å²) in [5.74, 6) is 0. The van der Waals surface area contributed by atoms with E-state index in [1.807, 2.05) is 0 Å². The minimum atomic E-state index is -4.11. The fourth-order valence-electron chi connectivity index (χ4n) is 0. The van der Waals surface area contributed by atoms with Crippen molar-refractivity contribution in [2.75, 3.05) is 0 Å². The second-order valence-corrected chi connectivity index (χ2v) is 1.21. The van der Waals surface area contributed by atoms with Gasteiger partial charge in [-0.15, -0.1) is 0 Å². The predicted molar refractivity (Wildman–Crippen MR) is 8.79 cm³/mol. The van der Waals surface area contributed by atoms with Gasteiger partial charge >= 0.3 is 27.4 Å². The van der Waals surface area contributed by atoms with E-state index >= 15 is 0 Å². The van der Waals surface area contributed by atoms with Crippen LogP contribution in [0, 0.1) is 0 Å². The molecule has 0 spiro atoms. The van der Waals surface area contributed by atoms with Gasteiger partial charge in [-0.25, -0.2) is 0 Å². The number of hydrogen-bond donors (Lipinski definition) is 0. The predicted octanol–water partition coefficient (Wildman–Crippen LogP) is 0.277. The molecule has 0 heterocycles. The molecule has 0 radical (unpaired) electrons. The van der Waals surface area contributed by atoms with Gasteiger partial charge in [-0.2, -0.15) is 0 Å². The van der Waals surface area contributed by atoms with E-state index in [-0.39, 0.29) is 7.43 Å². The van der Waals surface area contributed by atoms with Crippen molar-refractivity contribution in [1.82, 2.24) is 0 Å². The van der Waals surface area contributed by atoms with Crippen LogP contribution in [0.3, 0.4) is 0 Å². The van der Waals surface area contributed by atoms with Gasteiger partial charge in [0.15, 0.2) is 0 Å². The Kier molecular flexibility index (Phi) is 7.29. The van der Waals surface area contributed by atoms with Crippen molar-refractivity contribution in [2.45, 2.75) is 7.43 Å². The zero-order chi connectivity index (χ0) is 3.58. The first kappa shape index (κ1) is 8.92. The van der Waals surface area contributed by atoms with E-state index in [2.05, 4.69) is 0 Å². The van der Waals surface area contributed by atoms with Crippen LogP contribution in [-0.4, -0.2) is 0 Å². The van der Waals surface area contributed by atoms with Gasteiger partial charge in [-0.3, -0.25) is 0 Å². The zero-order valence-corrected chi connectivity index (χ0v) is 3.64. The molecular weight excluding hydrogens is 156 g/mol. The molecule has 4 heteroatoms. The van der Waals surface area contributed by atoms with Gasteiger partial charge < -0.3 is 0 Å². The summed E-state index contributed by atoms with van der Waals surface area (Å²) in [6, 6.07) is 0. The van der Waals surface area contributed by atoms with Crippen molar-refractivity contribution in [2.24, 2.45) is 0 Å². The molecule has 0 saturated carbocycles. The summed E-state index contributed by atoms with van der Waals surface area (Å²) in [4.78, 5) is 0. The van der Waals surface area contributed by atoms with Gasteiger partial charge in [0.1, 0.15) is 0 Å². The van der Waals surface area contributed by atoms with E-state index in [0.717, 1.165) is 0 Å². The molecule has 0 bridgehead atoms. The molecule has 3 nitrogen and oxygen atoms in total. The Labute approximate surface area is 35.5 Å². The van der Waals surface area contributed by atoms with Crippen LogP contribution in [0.5, 0.6) is 0 Å². The van der Waals surface area contributed by atoms with Crippen LogP contribution in [0.15, 0.2) is 0 Å². The van der Waals surface area contributed by atoms with Crippen LogP contribution in [0.4, 0.5) is 0 Å². The SMILES string of the molecule is C.[O]=[Mo](=[O])=[O]. The van der Waals surface area contributed by atoms with E-state index < -0.39 is 17.2 Å². The molecule has 0 N–H and O–H groups in total. The first-order chi connectivity index (χ1) is 1.73. The fraction of sp³-hybridized carbons (Fsp3) is 1.00. The summed E-state index contributed by atoms with van der Waals surface area (Å²) in [5.41, 5.74) is 0. The van der Waals surface area contributed by atoms with Gasteiger partial charge in [0, 0.05) is 0 Å². The monoisotopic (exact) mass is 162 g/mol.